The molecular weight excluding hydrogens is 250 g/mol. The summed E-state index contributed by atoms with van der Waals surface area (Å²) in [7, 11) is 1.55. The van der Waals surface area contributed by atoms with E-state index in [0.29, 0.717) is 10.7 Å². The van der Waals surface area contributed by atoms with Gasteiger partial charge in [-0.05, 0) is 12.8 Å². The molecule has 2 N–H and O–H groups in total. The maximum absolute atomic E-state index is 11.9. The van der Waals surface area contributed by atoms with Crippen LogP contribution in [0.5, 0.6) is 0 Å². The van der Waals surface area contributed by atoms with E-state index in [0.717, 1.165) is 12.8 Å². The zero-order valence-corrected chi connectivity index (χ0v) is 11.2. The van der Waals surface area contributed by atoms with Gasteiger partial charge in [-0.25, -0.2) is 4.98 Å². The first kappa shape index (κ1) is 13.0. The molecule has 1 aromatic heterocycles. The molecule has 0 aliphatic heterocycles. The van der Waals surface area contributed by atoms with E-state index in [1.54, 1.807) is 12.4 Å². The number of aromatic nitrogens is 1. The second-order valence-electron chi connectivity index (χ2n) is 4.43. The highest BCUT2D eigenvalue weighted by Crippen LogP contribution is 2.18. The zero-order chi connectivity index (χ0) is 13.0. The van der Waals surface area contributed by atoms with E-state index in [-0.39, 0.29) is 17.9 Å². The number of nitrogens with one attached hydrogen (secondary N) is 2. The number of nitrogens with zero attached hydrogens (tertiary/aromatic N) is 1. The molecule has 18 heavy (non-hydrogen) atoms. The summed E-state index contributed by atoms with van der Waals surface area (Å²) in [5.41, 5.74) is 0.337. The lowest BCUT2D eigenvalue weighted by molar-refractivity contribution is 0.0923. The van der Waals surface area contributed by atoms with Gasteiger partial charge in [0.1, 0.15) is 5.69 Å². The molecule has 1 fully saturated rings. The molecule has 0 atom stereocenters. The van der Waals surface area contributed by atoms with Crippen molar-refractivity contribution in [2.45, 2.75) is 38.1 Å². The number of amides is 2. The van der Waals surface area contributed by atoms with E-state index < -0.39 is 0 Å². The molecule has 6 heteroatoms. The molecular formula is C12H17N3O2S. The molecule has 1 aliphatic rings. The summed E-state index contributed by atoms with van der Waals surface area (Å²) in [6, 6.07) is 0.261. The molecule has 2 amide bonds. The summed E-state index contributed by atoms with van der Waals surface area (Å²) >= 11 is 1.19. The zero-order valence-electron chi connectivity index (χ0n) is 10.4. The van der Waals surface area contributed by atoms with Crippen molar-refractivity contribution in [2.24, 2.45) is 0 Å². The van der Waals surface area contributed by atoms with Crippen LogP contribution >= 0.6 is 11.3 Å². The first-order chi connectivity index (χ1) is 8.70. The lowest BCUT2D eigenvalue weighted by atomic mass is 9.95. The van der Waals surface area contributed by atoms with Crippen LogP contribution in [-0.4, -0.2) is 29.9 Å². The predicted octanol–water partition coefficient (Wildman–Crippen LogP) is 1.57. The van der Waals surface area contributed by atoms with Gasteiger partial charge in [-0.1, -0.05) is 19.3 Å². The van der Waals surface area contributed by atoms with Gasteiger partial charge in [-0.2, -0.15) is 0 Å². The number of carbonyl (C=O) groups excluding carboxylic acids is 2. The van der Waals surface area contributed by atoms with Gasteiger partial charge in [0, 0.05) is 18.5 Å². The van der Waals surface area contributed by atoms with Crippen molar-refractivity contribution in [3.63, 3.8) is 0 Å². The highest BCUT2D eigenvalue weighted by atomic mass is 32.1. The van der Waals surface area contributed by atoms with Crippen molar-refractivity contribution in [1.29, 1.82) is 0 Å². The first-order valence-corrected chi connectivity index (χ1v) is 7.07. The minimum Gasteiger partial charge on any atom is -0.353 e. The standard InChI is InChI=1S/C12H17N3O2S/c1-13-11(17)12-15-9(7-18-12)10(16)14-8-5-3-2-4-6-8/h7-8H,2-6H2,1H3,(H,13,17)(H,14,16). The Kier molecular flexibility index (Phi) is 4.30. The SMILES string of the molecule is CNC(=O)c1nc(C(=O)NC2CCCCC2)cs1. The van der Waals surface area contributed by atoms with E-state index >= 15 is 0 Å². The molecule has 2 rings (SSSR count). The smallest absolute Gasteiger partial charge is 0.280 e. The van der Waals surface area contributed by atoms with Crippen LogP contribution in [0.1, 0.15) is 52.4 Å². The fraction of sp³-hybridized carbons (Fsp3) is 0.583. The van der Waals surface area contributed by atoms with Crippen LogP contribution in [0.2, 0.25) is 0 Å². The Labute approximate surface area is 110 Å². The molecule has 1 aliphatic carbocycles. The van der Waals surface area contributed by atoms with E-state index in [1.807, 2.05) is 0 Å². The number of thiazole rings is 1. The largest absolute Gasteiger partial charge is 0.353 e. The summed E-state index contributed by atoms with van der Waals surface area (Å²) in [5.74, 6) is -0.426. The molecule has 0 radical (unpaired) electrons. The third kappa shape index (κ3) is 3.07. The minimum atomic E-state index is -0.253. The third-order valence-electron chi connectivity index (χ3n) is 3.10. The van der Waals surface area contributed by atoms with Gasteiger partial charge in [-0.15, -0.1) is 11.3 Å². The van der Waals surface area contributed by atoms with Crippen LogP contribution in [0.3, 0.4) is 0 Å². The lowest BCUT2D eigenvalue weighted by Crippen LogP contribution is -2.36. The van der Waals surface area contributed by atoms with Crippen molar-refractivity contribution in [1.82, 2.24) is 15.6 Å². The Morgan fingerprint density at radius 2 is 2.00 bits per heavy atom. The molecule has 0 bridgehead atoms. The van der Waals surface area contributed by atoms with E-state index in [1.165, 1.54) is 30.6 Å². The van der Waals surface area contributed by atoms with Crippen molar-refractivity contribution in [3.8, 4) is 0 Å². The van der Waals surface area contributed by atoms with E-state index in [9.17, 15) is 9.59 Å². The second kappa shape index (κ2) is 5.95. The van der Waals surface area contributed by atoms with Gasteiger partial charge in [0.05, 0.1) is 0 Å². The van der Waals surface area contributed by atoms with E-state index in [2.05, 4.69) is 15.6 Å². The number of hydrogen-bond donors (Lipinski definition) is 2. The summed E-state index contributed by atoms with van der Waals surface area (Å²) in [6.45, 7) is 0. The highest BCUT2D eigenvalue weighted by Gasteiger charge is 2.19. The summed E-state index contributed by atoms with van der Waals surface area (Å²) in [4.78, 5) is 27.3. The van der Waals surface area contributed by atoms with Crippen LogP contribution in [0.4, 0.5) is 0 Å². The van der Waals surface area contributed by atoms with Gasteiger partial charge in [-0.3, -0.25) is 9.59 Å². The van der Waals surface area contributed by atoms with Crippen molar-refractivity contribution in [3.05, 3.63) is 16.1 Å². The molecule has 0 spiro atoms. The molecule has 0 unspecified atom stereocenters. The van der Waals surface area contributed by atoms with Crippen LogP contribution < -0.4 is 10.6 Å². The number of rotatable bonds is 3. The summed E-state index contributed by atoms with van der Waals surface area (Å²) in [6.07, 6.45) is 5.68. The van der Waals surface area contributed by atoms with Gasteiger partial charge in [0.2, 0.25) is 0 Å². The Morgan fingerprint density at radius 3 is 2.67 bits per heavy atom. The molecule has 1 heterocycles. The molecule has 0 aromatic carbocycles. The van der Waals surface area contributed by atoms with Crippen LogP contribution in [0, 0.1) is 0 Å². The molecule has 98 valence electrons. The van der Waals surface area contributed by atoms with Gasteiger partial charge in [0.25, 0.3) is 11.8 Å². The fourth-order valence-corrected chi connectivity index (χ4v) is 2.84. The van der Waals surface area contributed by atoms with E-state index in [4.69, 9.17) is 0 Å². The maximum Gasteiger partial charge on any atom is 0.280 e. The monoisotopic (exact) mass is 267 g/mol. The van der Waals surface area contributed by atoms with Gasteiger partial charge < -0.3 is 10.6 Å². The quantitative estimate of drug-likeness (QED) is 0.873. The molecule has 5 nitrogen and oxygen atoms in total. The van der Waals surface area contributed by atoms with Crippen LogP contribution in [0.25, 0.3) is 0 Å². The minimum absolute atomic E-state index is 0.173. The normalized spacial score (nSPS) is 16.3. The molecule has 1 saturated carbocycles. The van der Waals surface area contributed by atoms with Gasteiger partial charge in [0.15, 0.2) is 5.01 Å². The van der Waals surface area contributed by atoms with Gasteiger partial charge >= 0.3 is 0 Å². The first-order valence-electron chi connectivity index (χ1n) is 6.19. The Hall–Kier alpha value is -1.43. The van der Waals surface area contributed by atoms with Crippen LogP contribution in [-0.2, 0) is 0 Å². The number of carbonyl (C=O) groups is 2. The Morgan fingerprint density at radius 1 is 1.28 bits per heavy atom. The highest BCUT2D eigenvalue weighted by molar-refractivity contribution is 7.11. The summed E-state index contributed by atoms with van der Waals surface area (Å²) in [5, 5.41) is 7.42. The average Bonchev–Trinajstić information content (AvgIpc) is 2.88. The Bertz CT molecular complexity index is 438. The topological polar surface area (TPSA) is 71.1 Å². The molecule has 1 aromatic rings. The van der Waals surface area contributed by atoms with Crippen molar-refractivity contribution >= 4 is 23.2 Å². The summed E-state index contributed by atoms with van der Waals surface area (Å²) < 4.78 is 0. The maximum atomic E-state index is 11.9. The second-order valence-corrected chi connectivity index (χ2v) is 5.28. The van der Waals surface area contributed by atoms with Crippen molar-refractivity contribution < 1.29 is 9.59 Å². The fourth-order valence-electron chi connectivity index (χ4n) is 2.10. The Balaban J connectivity index is 1.95. The molecule has 0 saturated heterocycles. The third-order valence-corrected chi connectivity index (χ3v) is 3.94. The van der Waals surface area contributed by atoms with Crippen LogP contribution in [0.15, 0.2) is 5.38 Å². The predicted molar refractivity (Wildman–Crippen MR) is 69.8 cm³/mol. The number of hydrogen-bond acceptors (Lipinski definition) is 4. The van der Waals surface area contributed by atoms with Crippen molar-refractivity contribution in [2.75, 3.05) is 7.05 Å². The lowest BCUT2D eigenvalue weighted by Gasteiger charge is -2.22. The average molecular weight is 267 g/mol.